The van der Waals surface area contributed by atoms with Gasteiger partial charge in [0.1, 0.15) is 6.54 Å². The predicted octanol–water partition coefficient (Wildman–Crippen LogP) is 1.08. The van der Waals surface area contributed by atoms with E-state index in [4.69, 9.17) is 4.52 Å². The lowest BCUT2D eigenvalue weighted by molar-refractivity contribution is -0.138. The molecule has 0 saturated carbocycles. The molecule has 1 aliphatic heterocycles. The fourth-order valence-corrected chi connectivity index (χ4v) is 3.11. The van der Waals surface area contributed by atoms with Crippen LogP contribution < -0.4 is 5.76 Å². The summed E-state index contributed by atoms with van der Waals surface area (Å²) in [6.45, 7) is 3.95. The van der Waals surface area contributed by atoms with Gasteiger partial charge in [0.2, 0.25) is 11.7 Å². The molecule has 3 rings (SSSR count). The maximum absolute atomic E-state index is 12.7. The number of hydrogen-bond donors (Lipinski definition) is 0. The molecule has 1 aliphatic rings. The molecule has 0 bridgehead atoms. The lowest BCUT2D eigenvalue weighted by Gasteiger charge is -2.39. The molecule has 1 saturated heterocycles. The summed E-state index contributed by atoms with van der Waals surface area (Å²) in [4.78, 5) is 34.5. The third-order valence-corrected chi connectivity index (χ3v) is 4.23. The summed E-state index contributed by atoms with van der Waals surface area (Å²) in [5.41, 5.74) is 0. The summed E-state index contributed by atoms with van der Waals surface area (Å²) in [5, 5.41) is 3.70. The maximum Gasteiger partial charge on any atom is 0.442 e. The molecule has 122 valence electrons. The summed E-state index contributed by atoms with van der Waals surface area (Å²) in [7, 11) is 0. The molecular weight excluding hydrogens is 298 g/mol. The molecular formula is C15H19N5O3. The van der Waals surface area contributed by atoms with E-state index in [0.717, 1.165) is 19.3 Å². The average Bonchev–Trinajstić information content (AvgIpc) is 2.89. The summed E-state index contributed by atoms with van der Waals surface area (Å²) < 4.78 is 5.88. The molecule has 1 fully saturated rings. The van der Waals surface area contributed by atoms with Crippen LogP contribution in [0.5, 0.6) is 0 Å². The Bertz CT molecular complexity index is 729. The van der Waals surface area contributed by atoms with Gasteiger partial charge in [0.25, 0.3) is 0 Å². The molecule has 8 heteroatoms. The second-order valence-corrected chi connectivity index (χ2v) is 5.86. The van der Waals surface area contributed by atoms with Crippen molar-refractivity contribution in [3.63, 3.8) is 0 Å². The van der Waals surface area contributed by atoms with Crippen molar-refractivity contribution in [1.82, 2.24) is 24.6 Å². The van der Waals surface area contributed by atoms with Crippen LogP contribution in [-0.2, 0) is 11.3 Å². The Morgan fingerprint density at radius 1 is 1.26 bits per heavy atom. The molecule has 2 aromatic heterocycles. The Balaban J connectivity index is 1.87. The van der Waals surface area contributed by atoms with E-state index in [2.05, 4.69) is 15.1 Å². The number of nitrogens with zero attached hydrogens (tertiary/aromatic N) is 5. The highest BCUT2D eigenvalue weighted by molar-refractivity contribution is 5.77. The minimum Gasteiger partial charge on any atom is -0.336 e. The van der Waals surface area contributed by atoms with Gasteiger partial charge in [-0.15, -0.1) is 0 Å². The molecule has 0 radical (unpaired) electrons. The smallest absolute Gasteiger partial charge is 0.336 e. The molecule has 0 spiro atoms. The van der Waals surface area contributed by atoms with E-state index in [-0.39, 0.29) is 36.2 Å². The van der Waals surface area contributed by atoms with Gasteiger partial charge < -0.3 is 4.90 Å². The summed E-state index contributed by atoms with van der Waals surface area (Å²) in [6, 6.07) is 1.99. The zero-order valence-electron chi connectivity index (χ0n) is 13.2. The SMILES string of the molecule is C[C@@H]1CCC[C@H](C)N1C(=O)Cn1c(-c2ncccn2)noc1=O. The second kappa shape index (κ2) is 6.31. The van der Waals surface area contributed by atoms with Crippen molar-refractivity contribution in [3.8, 4) is 11.6 Å². The lowest BCUT2D eigenvalue weighted by atomic mass is 9.97. The third kappa shape index (κ3) is 3.01. The Morgan fingerprint density at radius 2 is 1.91 bits per heavy atom. The highest BCUT2D eigenvalue weighted by Crippen LogP contribution is 2.23. The highest BCUT2D eigenvalue weighted by Gasteiger charge is 2.30. The number of hydrogen-bond acceptors (Lipinski definition) is 6. The van der Waals surface area contributed by atoms with Crippen molar-refractivity contribution in [2.24, 2.45) is 0 Å². The fraction of sp³-hybridized carbons (Fsp3) is 0.533. The van der Waals surface area contributed by atoms with E-state index in [1.54, 1.807) is 18.5 Å². The first-order valence-corrected chi connectivity index (χ1v) is 7.73. The van der Waals surface area contributed by atoms with Crippen LogP contribution in [0.2, 0.25) is 0 Å². The molecule has 0 aromatic carbocycles. The van der Waals surface area contributed by atoms with Crippen molar-refractivity contribution < 1.29 is 9.32 Å². The summed E-state index contributed by atoms with van der Waals surface area (Å²) in [6.07, 6.45) is 6.15. The van der Waals surface area contributed by atoms with E-state index < -0.39 is 5.76 Å². The monoisotopic (exact) mass is 317 g/mol. The van der Waals surface area contributed by atoms with Crippen molar-refractivity contribution in [2.75, 3.05) is 0 Å². The number of amides is 1. The number of likely N-dealkylation sites (tertiary alicyclic amines) is 1. The van der Waals surface area contributed by atoms with Gasteiger partial charge >= 0.3 is 5.76 Å². The average molecular weight is 317 g/mol. The maximum atomic E-state index is 12.7. The van der Waals surface area contributed by atoms with Crippen molar-refractivity contribution in [2.45, 2.75) is 51.7 Å². The molecule has 0 aliphatic carbocycles. The Labute approximate surface area is 133 Å². The fourth-order valence-electron chi connectivity index (χ4n) is 3.11. The van der Waals surface area contributed by atoms with Gasteiger partial charge in [-0.25, -0.2) is 19.3 Å². The molecule has 0 unspecified atom stereocenters. The Hall–Kier alpha value is -2.51. The number of rotatable bonds is 3. The number of piperidine rings is 1. The first-order chi connectivity index (χ1) is 11.1. The number of carbonyl (C=O) groups is 1. The van der Waals surface area contributed by atoms with Crippen LogP contribution in [0.3, 0.4) is 0 Å². The lowest BCUT2D eigenvalue weighted by Crippen LogP contribution is -2.49. The molecule has 2 aromatic rings. The van der Waals surface area contributed by atoms with Crippen molar-refractivity contribution in [3.05, 3.63) is 29.0 Å². The summed E-state index contributed by atoms with van der Waals surface area (Å²) in [5.74, 6) is -0.377. The first kappa shape index (κ1) is 15.4. The standard InChI is InChI=1S/C15H19N5O3/c1-10-5-3-6-11(2)20(10)12(21)9-19-14(18-23-15(19)22)13-16-7-4-8-17-13/h4,7-8,10-11H,3,5-6,9H2,1-2H3/t10-,11+. The molecule has 23 heavy (non-hydrogen) atoms. The van der Waals surface area contributed by atoms with Gasteiger partial charge in [-0.3, -0.25) is 9.32 Å². The van der Waals surface area contributed by atoms with Gasteiger partial charge in [0.15, 0.2) is 5.82 Å². The van der Waals surface area contributed by atoms with Gasteiger partial charge in [-0.2, -0.15) is 0 Å². The largest absolute Gasteiger partial charge is 0.442 e. The third-order valence-electron chi connectivity index (χ3n) is 4.23. The minimum absolute atomic E-state index is 0.118. The summed E-state index contributed by atoms with van der Waals surface area (Å²) >= 11 is 0. The highest BCUT2D eigenvalue weighted by atomic mass is 16.5. The van der Waals surface area contributed by atoms with Gasteiger partial charge in [-0.1, -0.05) is 5.16 Å². The van der Waals surface area contributed by atoms with Crippen LogP contribution in [-0.4, -0.2) is 42.6 Å². The molecule has 2 atom stereocenters. The van der Waals surface area contributed by atoms with E-state index >= 15 is 0 Å². The Morgan fingerprint density at radius 3 is 2.57 bits per heavy atom. The molecule has 3 heterocycles. The van der Waals surface area contributed by atoms with Crippen molar-refractivity contribution in [1.29, 1.82) is 0 Å². The van der Waals surface area contributed by atoms with Crippen LogP contribution in [0, 0.1) is 0 Å². The Kier molecular flexibility index (Phi) is 4.22. The van der Waals surface area contributed by atoms with Crippen LogP contribution in [0.15, 0.2) is 27.8 Å². The molecule has 0 N–H and O–H groups in total. The number of aromatic nitrogens is 4. The molecule has 1 amide bonds. The van der Waals surface area contributed by atoms with E-state index in [1.165, 1.54) is 4.57 Å². The van der Waals surface area contributed by atoms with Crippen molar-refractivity contribution >= 4 is 5.91 Å². The number of carbonyl (C=O) groups excluding carboxylic acids is 1. The quantitative estimate of drug-likeness (QED) is 0.841. The van der Waals surface area contributed by atoms with Gasteiger partial charge in [0, 0.05) is 24.5 Å². The van der Waals surface area contributed by atoms with Crippen LogP contribution in [0.25, 0.3) is 11.6 Å². The van der Waals surface area contributed by atoms with Crippen LogP contribution in [0.4, 0.5) is 0 Å². The van der Waals surface area contributed by atoms with E-state index in [1.807, 2.05) is 18.7 Å². The topological polar surface area (TPSA) is 94.1 Å². The first-order valence-electron chi connectivity index (χ1n) is 7.73. The zero-order chi connectivity index (χ0) is 16.4. The minimum atomic E-state index is -0.682. The van der Waals surface area contributed by atoms with Crippen LogP contribution >= 0.6 is 0 Å². The zero-order valence-corrected chi connectivity index (χ0v) is 13.2. The predicted molar refractivity (Wildman–Crippen MR) is 81.4 cm³/mol. The van der Waals surface area contributed by atoms with E-state index in [9.17, 15) is 9.59 Å². The normalized spacial score (nSPS) is 21.4. The van der Waals surface area contributed by atoms with Gasteiger partial charge in [-0.05, 0) is 39.2 Å². The van der Waals surface area contributed by atoms with Gasteiger partial charge in [0.05, 0.1) is 0 Å². The molecule has 8 nitrogen and oxygen atoms in total. The second-order valence-electron chi connectivity index (χ2n) is 5.86. The van der Waals surface area contributed by atoms with Crippen LogP contribution in [0.1, 0.15) is 33.1 Å². The van der Waals surface area contributed by atoms with E-state index in [0.29, 0.717) is 0 Å².